The second-order valence-electron chi connectivity index (χ2n) is 4.68. The minimum absolute atomic E-state index is 0.600. The lowest BCUT2D eigenvalue weighted by atomic mass is 10.0. The Balaban J connectivity index is 2.35. The first-order valence-corrected chi connectivity index (χ1v) is 6.29. The van der Waals surface area contributed by atoms with E-state index in [0.717, 1.165) is 23.1 Å². The Morgan fingerprint density at radius 1 is 1.38 bits per heavy atom. The van der Waals surface area contributed by atoms with Gasteiger partial charge in [0.25, 0.3) is 0 Å². The lowest BCUT2D eigenvalue weighted by Crippen LogP contribution is -2.19. The third-order valence-corrected chi connectivity index (χ3v) is 3.20. The summed E-state index contributed by atoms with van der Waals surface area (Å²) in [6, 6.07) is 5.96. The van der Waals surface area contributed by atoms with E-state index in [-0.39, 0.29) is 0 Å². The van der Waals surface area contributed by atoms with Gasteiger partial charge in [0, 0.05) is 4.47 Å². The van der Waals surface area contributed by atoms with Crippen LogP contribution in [0, 0.1) is 6.92 Å². The fraction of sp³-hybridized carbons (Fsp3) is 0.538. The lowest BCUT2D eigenvalue weighted by Gasteiger charge is -2.16. The van der Waals surface area contributed by atoms with Crippen LogP contribution in [0.15, 0.2) is 22.7 Å². The number of rotatable bonds is 5. The first-order valence-electron chi connectivity index (χ1n) is 5.50. The van der Waals surface area contributed by atoms with Crippen molar-refractivity contribution in [2.75, 3.05) is 6.61 Å². The molecule has 3 heteroatoms. The van der Waals surface area contributed by atoms with Gasteiger partial charge in [0.05, 0.1) is 12.2 Å². The number of hydrogen-bond donors (Lipinski definition) is 1. The number of halogens is 1. The third kappa shape index (κ3) is 4.99. The monoisotopic (exact) mass is 286 g/mol. The maximum absolute atomic E-state index is 9.53. The number of benzene rings is 1. The Labute approximate surface area is 106 Å². The summed E-state index contributed by atoms with van der Waals surface area (Å²) in [5, 5.41) is 9.53. The number of ether oxygens (including phenoxy) is 1. The number of aryl methyl sites for hydroxylation is 1. The topological polar surface area (TPSA) is 29.5 Å². The molecule has 0 amide bonds. The van der Waals surface area contributed by atoms with Gasteiger partial charge in [-0.15, -0.1) is 0 Å². The van der Waals surface area contributed by atoms with E-state index in [4.69, 9.17) is 4.74 Å². The molecule has 90 valence electrons. The molecule has 1 aromatic carbocycles. The summed E-state index contributed by atoms with van der Waals surface area (Å²) in [5.74, 6) is 0.869. The van der Waals surface area contributed by atoms with Crippen LogP contribution in [-0.4, -0.2) is 17.3 Å². The van der Waals surface area contributed by atoms with Crippen molar-refractivity contribution in [3.63, 3.8) is 0 Å². The minimum Gasteiger partial charge on any atom is -0.494 e. The molecule has 0 aliphatic carbocycles. The van der Waals surface area contributed by atoms with Crippen molar-refractivity contribution < 1.29 is 9.84 Å². The van der Waals surface area contributed by atoms with Crippen molar-refractivity contribution in [3.8, 4) is 5.75 Å². The fourth-order valence-corrected chi connectivity index (χ4v) is 1.72. The smallest absolute Gasteiger partial charge is 0.120 e. The maximum atomic E-state index is 9.53. The van der Waals surface area contributed by atoms with Crippen LogP contribution in [0.25, 0.3) is 0 Å². The van der Waals surface area contributed by atoms with Crippen LogP contribution in [-0.2, 0) is 0 Å². The van der Waals surface area contributed by atoms with Crippen molar-refractivity contribution >= 4 is 15.9 Å². The molecule has 2 nitrogen and oxygen atoms in total. The highest BCUT2D eigenvalue weighted by atomic mass is 79.9. The van der Waals surface area contributed by atoms with E-state index in [0.29, 0.717) is 6.61 Å². The van der Waals surface area contributed by atoms with Crippen LogP contribution in [0.1, 0.15) is 32.3 Å². The SMILES string of the molecule is Cc1ccc(OCCCC(C)(C)O)cc1Br. The Bertz CT molecular complexity index is 342. The molecule has 0 bridgehead atoms. The lowest BCUT2D eigenvalue weighted by molar-refractivity contribution is 0.0641. The molecular weight excluding hydrogens is 268 g/mol. The van der Waals surface area contributed by atoms with E-state index >= 15 is 0 Å². The van der Waals surface area contributed by atoms with E-state index in [2.05, 4.69) is 15.9 Å². The summed E-state index contributed by atoms with van der Waals surface area (Å²) in [4.78, 5) is 0. The molecular formula is C13H19BrO2. The second kappa shape index (κ2) is 5.69. The summed E-state index contributed by atoms with van der Waals surface area (Å²) in [7, 11) is 0. The van der Waals surface area contributed by atoms with Crippen LogP contribution >= 0.6 is 15.9 Å². The van der Waals surface area contributed by atoms with Crippen LogP contribution in [0.2, 0.25) is 0 Å². The van der Waals surface area contributed by atoms with Gasteiger partial charge >= 0.3 is 0 Å². The largest absolute Gasteiger partial charge is 0.494 e. The van der Waals surface area contributed by atoms with Gasteiger partial charge in [-0.1, -0.05) is 22.0 Å². The van der Waals surface area contributed by atoms with E-state index in [1.165, 1.54) is 5.56 Å². The standard InChI is InChI=1S/C13H19BrO2/c1-10-5-6-11(9-12(10)14)16-8-4-7-13(2,3)15/h5-6,9,15H,4,7-8H2,1-3H3. The van der Waals surface area contributed by atoms with Crippen molar-refractivity contribution in [3.05, 3.63) is 28.2 Å². The van der Waals surface area contributed by atoms with E-state index in [9.17, 15) is 5.11 Å². The molecule has 1 rings (SSSR count). The Kier molecular flexibility index (Phi) is 4.81. The number of hydrogen-bond acceptors (Lipinski definition) is 2. The molecule has 0 unspecified atom stereocenters. The van der Waals surface area contributed by atoms with E-state index < -0.39 is 5.60 Å². The quantitative estimate of drug-likeness (QED) is 0.837. The van der Waals surface area contributed by atoms with Crippen LogP contribution < -0.4 is 4.74 Å². The summed E-state index contributed by atoms with van der Waals surface area (Å²) in [6.45, 7) is 6.31. The Hall–Kier alpha value is -0.540. The molecule has 0 saturated heterocycles. The van der Waals surface area contributed by atoms with Gasteiger partial charge < -0.3 is 9.84 Å². The highest BCUT2D eigenvalue weighted by Crippen LogP contribution is 2.22. The van der Waals surface area contributed by atoms with Crippen molar-refractivity contribution in [1.82, 2.24) is 0 Å². The molecule has 16 heavy (non-hydrogen) atoms. The molecule has 0 aromatic heterocycles. The molecule has 0 spiro atoms. The molecule has 1 N–H and O–H groups in total. The van der Waals surface area contributed by atoms with Gasteiger partial charge in [-0.3, -0.25) is 0 Å². The molecule has 0 aliphatic rings. The average Bonchev–Trinajstić information content (AvgIpc) is 2.17. The Morgan fingerprint density at radius 2 is 2.06 bits per heavy atom. The van der Waals surface area contributed by atoms with Crippen LogP contribution in [0.4, 0.5) is 0 Å². The summed E-state index contributed by atoms with van der Waals surface area (Å²) >= 11 is 3.47. The first kappa shape index (κ1) is 13.5. The highest BCUT2D eigenvalue weighted by molar-refractivity contribution is 9.10. The molecule has 0 saturated carbocycles. The first-order chi connectivity index (χ1) is 7.38. The minimum atomic E-state index is -0.600. The molecule has 0 aliphatic heterocycles. The zero-order valence-corrected chi connectivity index (χ0v) is 11.7. The van der Waals surface area contributed by atoms with Crippen molar-refractivity contribution in [2.24, 2.45) is 0 Å². The highest BCUT2D eigenvalue weighted by Gasteiger charge is 2.11. The van der Waals surface area contributed by atoms with Gasteiger partial charge in [-0.2, -0.15) is 0 Å². The Morgan fingerprint density at radius 3 is 2.62 bits per heavy atom. The second-order valence-corrected chi connectivity index (χ2v) is 5.53. The van der Waals surface area contributed by atoms with Crippen LogP contribution in [0.5, 0.6) is 5.75 Å². The van der Waals surface area contributed by atoms with E-state index in [1.807, 2.05) is 39.0 Å². The summed E-state index contributed by atoms with van der Waals surface area (Å²) < 4.78 is 6.66. The fourth-order valence-electron chi connectivity index (χ4n) is 1.36. The van der Waals surface area contributed by atoms with Crippen molar-refractivity contribution in [2.45, 2.75) is 39.2 Å². The molecule has 1 aromatic rings. The van der Waals surface area contributed by atoms with Gasteiger partial charge in [-0.05, 0) is 51.3 Å². The van der Waals surface area contributed by atoms with Gasteiger partial charge in [-0.25, -0.2) is 0 Å². The predicted octanol–water partition coefficient (Wildman–Crippen LogP) is 3.69. The molecule has 0 atom stereocenters. The van der Waals surface area contributed by atoms with Crippen molar-refractivity contribution in [1.29, 1.82) is 0 Å². The zero-order valence-electron chi connectivity index (χ0n) is 10.1. The summed E-state index contributed by atoms with van der Waals surface area (Å²) in [6.07, 6.45) is 1.61. The molecule has 0 radical (unpaired) electrons. The zero-order chi connectivity index (χ0) is 12.2. The summed E-state index contributed by atoms with van der Waals surface area (Å²) in [5.41, 5.74) is 0.598. The van der Waals surface area contributed by atoms with Gasteiger partial charge in [0.15, 0.2) is 0 Å². The molecule has 0 fully saturated rings. The average molecular weight is 287 g/mol. The van der Waals surface area contributed by atoms with Gasteiger partial charge in [0.2, 0.25) is 0 Å². The van der Waals surface area contributed by atoms with E-state index in [1.54, 1.807) is 0 Å². The third-order valence-electron chi connectivity index (χ3n) is 2.34. The van der Waals surface area contributed by atoms with Gasteiger partial charge in [0.1, 0.15) is 5.75 Å². The maximum Gasteiger partial charge on any atom is 0.120 e. The molecule has 0 heterocycles. The number of aliphatic hydroxyl groups is 1. The van der Waals surface area contributed by atoms with Crippen LogP contribution in [0.3, 0.4) is 0 Å². The normalized spacial score (nSPS) is 11.6. The predicted molar refractivity (Wildman–Crippen MR) is 69.9 cm³/mol.